The van der Waals surface area contributed by atoms with Gasteiger partial charge in [0.05, 0.1) is 13.7 Å². The van der Waals surface area contributed by atoms with E-state index >= 15 is 0 Å². The number of ketones is 1. The van der Waals surface area contributed by atoms with Crippen molar-refractivity contribution in [3.05, 3.63) is 58.1 Å². The van der Waals surface area contributed by atoms with Crippen LogP contribution < -0.4 is 9.47 Å². The highest BCUT2D eigenvalue weighted by atomic mass is 79.9. The predicted octanol–water partition coefficient (Wildman–Crippen LogP) is 4.28. The molecule has 0 atom stereocenters. The van der Waals surface area contributed by atoms with Crippen LogP contribution >= 0.6 is 15.9 Å². The van der Waals surface area contributed by atoms with Crippen LogP contribution in [0.5, 0.6) is 11.5 Å². The summed E-state index contributed by atoms with van der Waals surface area (Å²) in [6.45, 7) is 2.53. The first-order valence-corrected chi connectivity index (χ1v) is 7.51. The minimum absolute atomic E-state index is 0.0649. The molecule has 0 heterocycles. The molecule has 0 unspecified atom stereocenters. The van der Waals surface area contributed by atoms with E-state index in [1.807, 2.05) is 43.3 Å². The number of benzene rings is 2. The Morgan fingerprint density at radius 1 is 1.10 bits per heavy atom. The van der Waals surface area contributed by atoms with E-state index in [4.69, 9.17) is 9.47 Å². The molecule has 110 valence electrons. The summed E-state index contributed by atoms with van der Waals surface area (Å²) in [6.07, 6.45) is 0.358. The molecule has 0 amide bonds. The topological polar surface area (TPSA) is 35.5 Å². The molecule has 0 aliphatic carbocycles. The highest BCUT2D eigenvalue weighted by Gasteiger charge is 2.12. The molecule has 0 saturated carbocycles. The fourth-order valence-electron chi connectivity index (χ4n) is 2.00. The number of ether oxygens (including phenoxy) is 2. The lowest BCUT2D eigenvalue weighted by Gasteiger charge is -2.08. The number of halogens is 1. The van der Waals surface area contributed by atoms with Gasteiger partial charge in [0.1, 0.15) is 11.5 Å². The van der Waals surface area contributed by atoms with Crippen molar-refractivity contribution in [3.63, 3.8) is 0 Å². The number of hydrogen-bond acceptors (Lipinski definition) is 3. The van der Waals surface area contributed by atoms with Gasteiger partial charge in [-0.05, 0) is 58.7 Å². The van der Waals surface area contributed by atoms with E-state index in [2.05, 4.69) is 15.9 Å². The van der Waals surface area contributed by atoms with Crippen LogP contribution in [-0.2, 0) is 6.42 Å². The molecule has 21 heavy (non-hydrogen) atoms. The van der Waals surface area contributed by atoms with Gasteiger partial charge < -0.3 is 9.47 Å². The molecular weight excluding hydrogens is 332 g/mol. The van der Waals surface area contributed by atoms with Crippen molar-refractivity contribution in [2.45, 2.75) is 13.3 Å². The Balaban J connectivity index is 2.12. The first-order chi connectivity index (χ1) is 10.1. The van der Waals surface area contributed by atoms with Gasteiger partial charge in [-0.25, -0.2) is 0 Å². The predicted molar refractivity (Wildman–Crippen MR) is 86.3 cm³/mol. The fourth-order valence-corrected chi connectivity index (χ4v) is 2.58. The van der Waals surface area contributed by atoms with E-state index in [1.165, 1.54) is 0 Å². The SMILES string of the molecule is CCOc1ccc(C(=O)Cc2ccc(OC)cc2)c(Br)c1. The zero-order valence-electron chi connectivity index (χ0n) is 12.1. The monoisotopic (exact) mass is 348 g/mol. The maximum atomic E-state index is 12.4. The number of hydrogen-bond donors (Lipinski definition) is 0. The fraction of sp³-hybridized carbons (Fsp3) is 0.235. The molecule has 4 heteroatoms. The Bertz CT molecular complexity index is 620. The number of methoxy groups -OCH3 is 1. The molecule has 0 N–H and O–H groups in total. The van der Waals surface area contributed by atoms with Crippen LogP contribution in [0.4, 0.5) is 0 Å². The van der Waals surface area contributed by atoms with E-state index in [9.17, 15) is 4.79 Å². The van der Waals surface area contributed by atoms with Crippen molar-refractivity contribution in [2.24, 2.45) is 0 Å². The van der Waals surface area contributed by atoms with Crippen molar-refractivity contribution in [2.75, 3.05) is 13.7 Å². The lowest BCUT2D eigenvalue weighted by atomic mass is 10.0. The van der Waals surface area contributed by atoms with Crippen molar-refractivity contribution in [1.29, 1.82) is 0 Å². The van der Waals surface area contributed by atoms with Gasteiger partial charge in [-0.15, -0.1) is 0 Å². The van der Waals surface area contributed by atoms with Gasteiger partial charge in [-0.3, -0.25) is 4.79 Å². The summed E-state index contributed by atoms with van der Waals surface area (Å²) in [6, 6.07) is 12.9. The minimum atomic E-state index is 0.0649. The molecule has 3 nitrogen and oxygen atoms in total. The Kier molecular flexibility index (Phi) is 5.39. The molecule has 2 rings (SSSR count). The molecule has 0 spiro atoms. The third kappa shape index (κ3) is 4.08. The Morgan fingerprint density at radius 2 is 1.76 bits per heavy atom. The van der Waals surface area contributed by atoms with Gasteiger partial charge >= 0.3 is 0 Å². The molecule has 2 aromatic rings. The summed E-state index contributed by atoms with van der Waals surface area (Å²) >= 11 is 3.43. The van der Waals surface area contributed by atoms with E-state index in [1.54, 1.807) is 13.2 Å². The quantitative estimate of drug-likeness (QED) is 0.730. The summed E-state index contributed by atoms with van der Waals surface area (Å²) in [4.78, 5) is 12.4. The summed E-state index contributed by atoms with van der Waals surface area (Å²) in [7, 11) is 1.62. The van der Waals surface area contributed by atoms with Crippen molar-refractivity contribution < 1.29 is 14.3 Å². The van der Waals surface area contributed by atoms with E-state index in [-0.39, 0.29) is 5.78 Å². The number of carbonyl (C=O) groups is 1. The highest BCUT2D eigenvalue weighted by Crippen LogP contribution is 2.24. The molecule has 0 radical (unpaired) electrons. The van der Waals surface area contributed by atoms with Gasteiger partial charge in [0.15, 0.2) is 5.78 Å². The van der Waals surface area contributed by atoms with Crippen LogP contribution in [0.15, 0.2) is 46.9 Å². The van der Waals surface area contributed by atoms with Gasteiger partial charge in [-0.1, -0.05) is 12.1 Å². The Hall–Kier alpha value is -1.81. The zero-order chi connectivity index (χ0) is 15.2. The molecule has 0 bridgehead atoms. The number of rotatable bonds is 6. The molecule has 0 fully saturated rings. The van der Waals surface area contributed by atoms with E-state index < -0.39 is 0 Å². The maximum Gasteiger partial charge on any atom is 0.168 e. The molecule has 0 aliphatic rings. The van der Waals surface area contributed by atoms with Crippen LogP contribution in [0.25, 0.3) is 0 Å². The summed E-state index contributed by atoms with van der Waals surface area (Å²) < 4.78 is 11.3. The summed E-state index contributed by atoms with van der Waals surface area (Å²) in [5.74, 6) is 1.61. The van der Waals surface area contributed by atoms with Crippen molar-refractivity contribution >= 4 is 21.7 Å². The average molecular weight is 349 g/mol. The molecular formula is C17H17BrO3. The normalized spacial score (nSPS) is 10.2. The number of carbonyl (C=O) groups excluding carboxylic acids is 1. The molecule has 2 aromatic carbocycles. The van der Waals surface area contributed by atoms with Gasteiger partial charge in [0, 0.05) is 16.5 Å². The first-order valence-electron chi connectivity index (χ1n) is 6.72. The van der Waals surface area contributed by atoms with Crippen LogP contribution in [-0.4, -0.2) is 19.5 Å². The van der Waals surface area contributed by atoms with Gasteiger partial charge in [-0.2, -0.15) is 0 Å². The van der Waals surface area contributed by atoms with E-state index in [0.29, 0.717) is 18.6 Å². The van der Waals surface area contributed by atoms with Crippen molar-refractivity contribution in [3.8, 4) is 11.5 Å². The second kappa shape index (κ2) is 7.27. The average Bonchev–Trinajstić information content (AvgIpc) is 2.48. The lowest BCUT2D eigenvalue weighted by Crippen LogP contribution is -2.05. The van der Waals surface area contributed by atoms with Crippen LogP contribution in [0.1, 0.15) is 22.8 Å². The largest absolute Gasteiger partial charge is 0.497 e. The summed E-state index contributed by atoms with van der Waals surface area (Å²) in [5, 5.41) is 0. The van der Waals surface area contributed by atoms with Gasteiger partial charge in [0.25, 0.3) is 0 Å². The highest BCUT2D eigenvalue weighted by molar-refractivity contribution is 9.10. The van der Waals surface area contributed by atoms with Crippen LogP contribution in [0.2, 0.25) is 0 Å². The first kappa shape index (κ1) is 15.6. The van der Waals surface area contributed by atoms with Crippen LogP contribution in [0.3, 0.4) is 0 Å². The second-order valence-corrected chi connectivity index (χ2v) is 5.38. The summed E-state index contributed by atoms with van der Waals surface area (Å²) in [5.41, 5.74) is 1.62. The third-order valence-corrected chi connectivity index (χ3v) is 3.73. The third-order valence-electron chi connectivity index (χ3n) is 3.08. The molecule has 0 saturated heterocycles. The van der Waals surface area contributed by atoms with Gasteiger partial charge in [0.2, 0.25) is 0 Å². The van der Waals surface area contributed by atoms with E-state index in [0.717, 1.165) is 21.5 Å². The van der Waals surface area contributed by atoms with Crippen molar-refractivity contribution in [1.82, 2.24) is 0 Å². The number of Topliss-reactive ketones (excluding diaryl/α,β-unsaturated/α-hetero) is 1. The Labute approximate surface area is 133 Å². The molecule has 0 aliphatic heterocycles. The second-order valence-electron chi connectivity index (χ2n) is 4.52. The molecule has 0 aromatic heterocycles. The minimum Gasteiger partial charge on any atom is -0.497 e. The smallest absolute Gasteiger partial charge is 0.168 e. The Morgan fingerprint density at radius 3 is 2.33 bits per heavy atom. The zero-order valence-corrected chi connectivity index (χ0v) is 13.6. The maximum absolute atomic E-state index is 12.4. The lowest BCUT2D eigenvalue weighted by molar-refractivity contribution is 0.0992. The van der Waals surface area contributed by atoms with Crippen LogP contribution in [0, 0.1) is 0 Å². The standard InChI is InChI=1S/C17H17BrO3/c1-3-21-14-8-9-15(16(18)11-14)17(19)10-12-4-6-13(20-2)7-5-12/h4-9,11H,3,10H2,1-2H3.